The van der Waals surface area contributed by atoms with Crippen molar-refractivity contribution in [3.05, 3.63) is 35.9 Å². The third-order valence-corrected chi connectivity index (χ3v) is 2.96. The van der Waals surface area contributed by atoms with Crippen LogP contribution < -0.4 is 16.8 Å². The number of Topliss-reactive ketones (excluding diaryl/α,β-unsaturated/α-hetero) is 1. The largest absolute Gasteiger partial charge is 0.368 e. The van der Waals surface area contributed by atoms with Gasteiger partial charge in [0.2, 0.25) is 11.8 Å². The van der Waals surface area contributed by atoms with Crippen LogP contribution in [0, 0.1) is 5.92 Å². The van der Waals surface area contributed by atoms with Gasteiger partial charge in [-0.05, 0) is 26.2 Å². The molecule has 6 nitrogen and oxygen atoms in total. The van der Waals surface area contributed by atoms with Gasteiger partial charge in [0.15, 0.2) is 5.78 Å². The molecule has 2 amide bonds. The van der Waals surface area contributed by atoms with Crippen molar-refractivity contribution >= 4 is 17.6 Å². The van der Waals surface area contributed by atoms with Crippen molar-refractivity contribution in [3.8, 4) is 0 Å². The molecule has 0 spiro atoms. The number of benzene rings is 1. The van der Waals surface area contributed by atoms with E-state index in [4.69, 9.17) is 11.5 Å². The highest BCUT2D eigenvalue weighted by Gasteiger charge is 2.20. The first-order chi connectivity index (χ1) is 10.6. The van der Waals surface area contributed by atoms with E-state index in [0.717, 1.165) is 5.56 Å². The minimum absolute atomic E-state index is 0.121. The van der Waals surface area contributed by atoms with Gasteiger partial charge in [0.1, 0.15) is 6.04 Å². The highest BCUT2D eigenvalue weighted by molar-refractivity contribution is 5.93. The van der Waals surface area contributed by atoms with E-state index < -0.39 is 18.0 Å². The van der Waals surface area contributed by atoms with Crippen LogP contribution in [0.15, 0.2) is 30.3 Å². The summed E-state index contributed by atoms with van der Waals surface area (Å²) in [5.74, 6) is -0.460. The number of carbonyl (C=O) groups is 3. The summed E-state index contributed by atoms with van der Waals surface area (Å²) in [6, 6.07) is 7.99. The molecular weight excluding hydrogens is 294 g/mol. The number of hydrogen-bond donors (Lipinski definition) is 3. The predicted molar refractivity (Wildman–Crippen MR) is 90.7 cm³/mol. The molecule has 6 heteroatoms. The summed E-state index contributed by atoms with van der Waals surface area (Å²) in [6.45, 7) is 7.03. The highest BCUT2D eigenvalue weighted by Crippen LogP contribution is 2.04. The van der Waals surface area contributed by atoms with Gasteiger partial charge in [0.25, 0.3) is 0 Å². The van der Waals surface area contributed by atoms with Crippen LogP contribution in [0.1, 0.15) is 44.5 Å². The summed E-state index contributed by atoms with van der Waals surface area (Å²) in [5, 5.41) is 2.51. The van der Waals surface area contributed by atoms with Gasteiger partial charge < -0.3 is 16.8 Å². The Kier molecular flexibility index (Phi) is 9.50. The zero-order valence-corrected chi connectivity index (χ0v) is 14.2. The first kappa shape index (κ1) is 20.8. The normalized spacial score (nSPS) is 12.6. The number of primary amides is 1. The van der Waals surface area contributed by atoms with Gasteiger partial charge in [-0.2, -0.15) is 0 Å². The maximum Gasteiger partial charge on any atom is 0.240 e. The topological polar surface area (TPSA) is 115 Å². The van der Waals surface area contributed by atoms with Crippen molar-refractivity contribution in [2.24, 2.45) is 17.4 Å². The third-order valence-electron chi connectivity index (χ3n) is 2.96. The molecule has 128 valence electrons. The van der Waals surface area contributed by atoms with Crippen LogP contribution in [0.4, 0.5) is 0 Å². The fourth-order valence-corrected chi connectivity index (χ4v) is 1.69. The maximum atomic E-state index is 11.2. The first-order valence-corrected chi connectivity index (χ1v) is 7.56. The molecule has 0 saturated heterocycles. The highest BCUT2D eigenvalue weighted by atomic mass is 16.2. The molecule has 0 aromatic heterocycles. The molecule has 0 saturated carbocycles. The molecule has 1 aromatic rings. The Morgan fingerprint density at radius 3 is 1.91 bits per heavy atom. The van der Waals surface area contributed by atoms with Crippen molar-refractivity contribution in [1.82, 2.24) is 5.32 Å². The average molecular weight is 321 g/mol. The summed E-state index contributed by atoms with van der Waals surface area (Å²) in [6.07, 6.45) is 0.536. The van der Waals surface area contributed by atoms with Gasteiger partial charge in [-0.1, -0.05) is 44.2 Å². The van der Waals surface area contributed by atoms with E-state index in [1.807, 2.05) is 44.2 Å². The molecule has 0 aliphatic carbocycles. The molecule has 0 bridgehead atoms. The number of amides is 2. The van der Waals surface area contributed by atoms with Gasteiger partial charge in [0, 0.05) is 5.56 Å². The van der Waals surface area contributed by atoms with Crippen LogP contribution in [0.3, 0.4) is 0 Å². The lowest BCUT2D eigenvalue weighted by Crippen LogP contribution is -2.49. The minimum atomic E-state index is -0.621. The van der Waals surface area contributed by atoms with Crippen molar-refractivity contribution in [2.75, 3.05) is 0 Å². The Balaban J connectivity index is 0.000000459. The van der Waals surface area contributed by atoms with Crippen LogP contribution in [0.25, 0.3) is 0 Å². The van der Waals surface area contributed by atoms with Crippen molar-refractivity contribution in [1.29, 1.82) is 0 Å². The summed E-state index contributed by atoms with van der Waals surface area (Å²) in [5.41, 5.74) is 11.3. The zero-order chi connectivity index (χ0) is 18.0. The molecule has 0 fully saturated rings. The van der Waals surface area contributed by atoms with Gasteiger partial charge in [-0.15, -0.1) is 0 Å². The van der Waals surface area contributed by atoms with Crippen LogP contribution in [0.5, 0.6) is 0 Å². The smallest absolute Gasteiger partial charge is 0.240 e. The van der Waals surface area contributed by atoms with E-state index in [1.165, 1.54) is 0 Å². The zero-order valence-electron chi connectivity index (χ0n) is 14.2. The first-order valence-electron chi connectivity index (χ1n) is 7.56. The quantitative estimate of drug-likeness (QED) is 0.684. The molecule has 5 N–H and O–H groups in total. The van der Waals surface area contributed by atoms with E-state index in [2.05, 4.69) is 5.32 Å². The molecule has 2 atom stereocenters. The summed E-state index contributed by atoms with van der Waals surface area (Å²) >= 11 is 0. The van der Waals surface area contributed by atoms with Gasteiger partial charge in [-0.25, -0.2) is 0 Å². The predicted octanol–water partition coefficient (Wildman–Crippen LogP) is 1.24. The monoisotopic (exact) mass is 321 g/mol. The van der Waals surface area contributed by atoms with E-state index in [0.29, 0.717) is 12.3 Å². The number of nitrogens with two attached hydrogens (primary N) is 2. The van der Waals surface area contributed by atoms with Crippen LogP contribution in [-0.4, -0.2) is 29.7 Å². The van der Waals surface area contributed by atoms with Gasteiger partial charge >= 0.3 is 0 Å². The van der Waals surface area contributed by atoms with Crippen LogP contribution in [-0.2, 0) is 9.59 Å². The van der Waals surface area contributed by atoms with Gasteiger partial charge in [0.05, 0.1) is 6.04 Å². The fourth-order valence-electron chi connectivity index (χ4n) is 1.69. The second-order valence-corrected chi connectivity index (χ2v) is 5.80. The van der Waals surface area contributed by atoms with Crippen LogP contribution >= 0.6 is 0 Å². The van der Waals surface area contributed by atoms with E-state index in [1.54, 1.807) is 13.8 Å². The molecule has 23 heavy (non-hydrogen) atoms. The van der Waals surface area contributed by atoms with Crippen LogP contribution in [0.2, 0.25) is 0 Å². The van der Waals surface area contributed by atoms with E-state index in [9.17, 15) is 14.4 Å². The standard InChI is InChI=1S/C9H19N3O2.C8H8O/c1-5(2)4-7(8(11)13)12-9(14)6(3)10;1-7(9)8-5-3-2-4-6-8/h5-7H,4,10H2,1-3H3,(H2,11,13)(H,12,14);2-6H,1H3. The summed E-state index contributed by atoms with van der Waals surface area (Å²) < 4.78 is 0. The molecule has 0 aliphatic heterocycles. The lowest BCUT2D eigenvalue weighted by Gasteiger charge is -2.18. The lowest BCUT2D eigenvalue weighted by atomic mass is 10.0. The van der Waals surface area contributed by atoms with E-state index >= 15 is 0 Å². The Hall–Kier alpha value is -2.21. The second-order valence-electron chi connectivity index (χ2n) is 5.80. The second kappa shape index (κ2) is 10.5. The number of carbonyl (C=O) groups excluding carboxylic acids is 3. The number of nitrogens with one attached hydrogen (secondary N) is 1. The number of ketones is 1. The van der Waals surface area contributed by atoms with Crippen molar-refractivity contribution < 1.29 is 14.4 Å². The molecule has 0 aliphatic rings. The van der Waals surface area contributed by atoms with E-state index in [-0.39, 0.29) is 11.7 Å². The number of rotatable bonds is 6. The molecule has 1 aromatic carbocycles. The van der Waals surface area contributed by atoms with Crippen molar-refractivity contribution in [2.45, 2.75) is 46.2 Å². The summed E-state index contributed by atoms with van der Waals surface area (Å²) in [7, 11) is 0. The molecule has 2 unspecified atom stereocenters. The summed E-state index contributed by atoms with van der Waals surface area (Å²) in [4.78, 5) is 32.8. The third kappa shape index (κ3) is 9.42. The molecule has 1 rings (SSSR count). The number of hydrogen-bond acceptors (Lipinski definition) is 4. The average Bonchev–Trinajstić information content (AvgIpc) is 2.47. The SMILES string of the molecule is CC(=O)c1ccccc1.CC(C)CC(NC(=O)C(C)N)C(N)=O. The fraction of sp³-hybridized carbons (Fsp3) is 0.471. The Labute approximate surface area is 137 Å². The minimum Gasteiger partial charge on any atom is -0.368 e. The Morgan fingerprint density at radius 2 is 1.61 bits per heavy atom. The van der Waals surface area contributed by atoms with Gasteiger partial charge in [-0.3, -0.25) is 14.4 Å². The van der Waals surface area contributed by atoms with Crippen molar-refractivity contribution in [3.63, 3.8) is 0 Å². The molecule has 0 radical (unpaired) electrons. The molecular formula is C17H27N3O3. The maximum absolute atomic E-state index is 11.2. The Bertz CT molecular complexity index is 513. The Morgan fingerprint density at radius 1 is 1.09 bits per heavy atom. The molecule has 0 heterocycles. The lowest BCUT2D eigenvalue weighted by molar-refractivity contribution is -0.128.